The Morgan fingerprint density at radius 3 is 2.88 bits per heavy atom. The number of aliphatic hydroxyl groups excluding tert-OH is 1. The van der Waals surface area contributed by atoms with Gasteiger partial charge in [0.05, 0.1) is 6.04 Å². The third-order valence-corrected chi connectivity index (χ3v) is 4.28. The molecule has 1 aliphatic carbocycles. The van der Waals surface area contributed by atoms with Gasteiger partial charge in [-0.3, -0.25) is 9.48 Å². The lowest BCUT2D eigenvalue weighted by atomic mass is 10.2. The van der Waals surface area contributed by atoms with Crippen LogP contribution >= 0.6 is 0 Å². The van der Waals surface area contributed by atoms with Crippen LogP contribution in [-0.4, -0.2) is 39.0 Å². The second kappa shape index (κ2) is 7.97. The quantitative estimate of drug-likeness (QED) is 0.811. The van der Waals surface area contributed by atoms with E-state index in [-0.39, 0.29) is 18.1 Å². The highest BCUT2D eigenvalue weighted by molar-refractivity contribution is 5.76. The number of aliphatic hydroxyl groups is 1. The predicted octanol–water partition coefficient (Wildman–Crippen LogP) is 1.75. The van der Waals surface area contributed by atoms with Crippen LogP contribution in [-0.2, 0) is 11.3 Å². The number of para-hydroxylation sites is 1. The van der Waals surface area contributed by atoms with E-state index in [0.29, 0.717) is 13.0 Å². The molecule has 2 N–H and O–H groups in total. The highest BCUT2D eigenvalue weighted by Gasteiger charge is 2.37. The van der Waals surface area contributed by atoms with E-state index in [1.165, 1.54) is 0 Å². The van der Waals surface area contributed by atoms with E-state index in [1.807, 2.05) is 42.6 Å². The van der Waals surface area contributed by atoms with Gasteiger partial charge in [0.25, 0.3) is 0 Å². The fourth-order valence-electron chi connectivity index (χ4n) is 3.02. The highest BCUT2D eigenvalue weighted by Crippen LogP contribution is 2.25. The van der Waals surface area contributed by atoms with Crippen LogP contribution in [0.5, 0.6) is 5.75 Å². The van der Waals surface area contributed by atoms with E-state index in [0.717, 1.165) is 25.0 Å². The van der Waals surface area contributed by atoms with Gasteiger partial charge in [-0.1, -0.05) is 18.2 Å². The van der Waals surface area contributed by atoms with Gasteiger partial charge in [-0.15, -0.1) is 0 Å². The first-order valence-electron chi connectivity index (χ1n) is 8.39. The van der Waals surface area contributed by atoms with Crippen LogP contribution in [0.3, 0.4) is 0 Å². The number of rotatable bonds is 7. The monoisotopic (exact) mass is 329 g/mol. The number of hydrogen-bond donors (Lipinski definition) is 2. The molecular weight excluding hydrogens is 306 g/mol. The molecule has 3 rings (SSSR count). The number of benzene rings is 1. The van der Waals surface area contributed by atoms with E-state index in [4.69, 9.17) is 4.74 Å². The van der Waals surface area contributed by atoms with Crippen molar-refractivity contribution in [1.29, 1.82) is 0 Å². The van der Waals surface area contributed by atoms with Gasteiger partial charge in [-0.05, 0) is 37.5 Å². The second-order valence-corrected chi connectivity index (χ2v) is 6.08. The predicted molar refractivity (Wildman–Crippen MR) is 89.5 cm³/mol. The van der Waals surface area contributed by atoms with Crippen LogP contribution in [0, 0.1) is 0 Å². The Kier molecular flexibility index (Phi) is 5.48. The molecule has 0 saturated heterocycles. The number of aromatic nitrogens is 2. The summed E-state index contributed by atoms with van der Waals surface area (Å²) >= 11 is 0. The van der Waals surface area contributed by atoms with Crippen LogP contribution in [0.1, 0.15) is 25.7 Å². The summed E-state index contributed by atoms with van der Waals surface area (Å²) in [5.74, 6) is 0.708. The Hall–Kier alpha value is -2.34. The molecule has 6 heteroatoms. The number of amides is 1. The molecule has 1 fully saturated rings. The smallest absolute Gasteiger partial charge is 0.220 e. The van der Waals surface area contributed by atoms with Crippen LogP contribution < -0.4 is 10.1 Å². The number of nitrogens with zero attached hydrogens (tertiary/aromatic N) is 2. The molecule has 1 aromatic heterocycles. The third kappa shape index (κ3) is 4.35. The van der Waals surface area contributed by atoms with Gasteiger partial charge >= 0.3 is 0 Å². The lowest BCUT2D eigenvalue weighted by Crippen LogP contribution is -2.44. The standard InChI is InChI=1S/C18H23N3O3/c22-17(8-4-12-21-13-5-11-19-21)20-15-9-10-16(18(15)23)24-14-6-2-1-3-7-14/h1-3,5-7,11,13,15-16,18,23H,4,8-10,12H2,(H,20,22)/t15-,16-,18-/m1/s1. The minimum Gasteiger partial charge on any atom is -0.488 e. The lowest BCUT2D eigenvalue weighted by Gasteiger charge is -2.21. The van der Waals surface area contributed by atoms with Crippen LogP contribution in [0.4, 0.5) is 0 Å². The van der Waals surface area contributed by atoms with Gasteiger partial charge in [-0.25, -0.2) is 0 Å². The normalized spacial score (nSPS) is 23.1. The Bertz CT molecular complexity index is 630. The molecule has 1 aromatic carbocycles. The Labute approximate surface area is 141 Å². The zero-order valence-electron chi connectivity index (χ0n) is 13.5. The van der Waals surface area contributed by atoms with Crippen molar-refractivity contribution >= 4 is 5.91 Å². The molecule has 1 aliphatic rings. The summed E-state index contributed by atoms with van der Waals surface area (Å²) in [5, 5.41) is 17.4. The molecule has 0 aliphatic heterocycles. The van der Waals surface area contributed by atoms with E-state index in [1.54, 1.807) is 10.9 Å². The molecule has 1 amide bonds. The minimum absolute atomic E-state index is 0.0356. The summed E-state index contributed by atoms with van der Waals surface area (Å²) in [4.78, 5) is 12.0. The van der Waals surface area contributed by atoms with E-state index in [2.05, 4.69) is 10.4 Å². The number of ether oxygens (including phenoxy) is 1. The molecule has 3 atom stereocenters. The molecule has 0 bridgehead atoms. The number of carbonyl (C=O) groups excluding carboxylic acids is 1. The van der Waals surface area contributed by atoms with Gasteiger partial charge in [0.1, 0.15) is 18.0 Å². The zero-order chi connectivity index (χ0) is 16.8. The minimum atomic E-state index is -0.680. The number of hydrogen-bond acceptors (Lipinski definition) is 4. The number of nitrogens with one attached hydrogen (secondary N) is 1. The van der Waals surface area contributed by atoms with Gasteiger partial charge in [0.2, 0.25) is 5.91 Å². The summed E-state index contributed by atoms with van der Waals surface area (Å²) in [5.41, 5.74) is 0. The van der Waals surface area contributed by atoms with Crippen LogP contribution in [0.15, 0.2) is 48.8 Å². The molecule has 1 heterocycles. The summed E-state index contributed by atoms with van der Waals surface area (Å²) in [7, 11) is 0. The maximum Gasteiger partial charge on any atom is 0.220 e. The van der Waals surface area contributed by atoms with Gasteiger partial charge in [0.15, 0.2) is 0 Å². The molecule has 6 nitrogen and oxygen atoms in total. The first-order chi connectivity index (χ1) is 11.7. The molecule has 0 radical (unpaired) electrons. The first kappa shape index (κ1) is 16.5. The van der Waals surface area contributed by atoms with Crippen molar-refractivity contribution in [1.82, 2.24) is 15.1 Å². The van der Waals surface area contributed by atoms with Crippen molar-refractivity contribution < 1.29 is 14.6 Å². The van der Waals surface area contributed by atoms with Crippen molar-refractivity contribution in [2.75, 3.05) is 0 Å². The van der Waals surface area contributed by atoms with Gasteiger partial charge < -0.3 is 15.2 Å². The molecule has 2 aromatic rings. The number of aryl methyl sites for hydroxylation is 1. The Morgan fingerprint density at radius 1 is 1.29 bits per heavy atom. The summed E-state index contributed by atoms with van der Waals surface area (Å²) < 4.78 is 7.62. The second-order valence-electron chi connectivity index (χ2n) is 6.08. The van der Waals surface area contributed by atoms with E-state index in [9.17, 15) is 9.90 Å². The van der Waals surface area contributed by atoms with Gasteiger partial charge in [0, 0.05) is 25.4 Å². The average molecular weight is 329 g/mol. The SMILES string of the molecule is O=C(CCCn1cccn1)N[C@@H]1CC[C@@H](Oc2ccccc2)[C@@H]1O. The topological polar surface area (TPSA) is 76.4 Å². The number of carbonyl (C=O) groups is 1. The maximum absolute atomic E-state index is 12.0. The van der Waals surface area contributed by atoms with Crippen LogP contribution in [0.2, 0.25) is 0 Å². The Balaban J connectivity index is 1.41. The summed E-state index contributed by atoms with van der Waals surface area (Å²) in [6.45, 7) is 0.716. The zero-order valence-corrected chi connectivity index (χ0v) is 13.5. The van der Waals surface area contributed by atoms with Crippen molar-refractivity contribution in [3.05, 3.63) is 48.8 Å². The molecule has 0 unspecified atom stereocenters. The van der Waals surface area contributed by atoms with Crippen molar-refractivity contribution in [2.45, 2.75) is 50.5 Å². The molecule has 1 saturated carbocycles. The van der Waals surface area contributed by atoms with Crippen molar-refractivity contribution in [2.24, 2.45) is 0 Å². The third-order valence-electron chi connectivity index (χ3n) is 4.28. The van der Waals surface area contributed by atoms with Gasteiger partial charge in [-0.2, -0.15) is 5.10 Å². The fraction of sp³-hybridized carbons (Fsp3) is 0.444. The first-order valence-corrected chi connectivity index (χ1v) is 8.39. The largest absolute Gasteiger partial charge is 0.488 e. The average Bonchev–Trinajstić information content (AvgIpc) is 3.21. The maximum atomic E-state index is 12.0. The van der Waals surface area contributed by atoms with E-state index >= 15 is 0 Å². The lowest BCUT2D eigenvalue weighted by molar-refractivity contribution is -0.122. The van der Waals surface area contributed by atoms with E-state index < -0.39 is 6.10 Å². The highest BCUT2D eigenvalue weighted by atomic mass is 16.5. The molecule has 24 heavy (non-hydrogen) atoms. The summed E-state index contributed by atoms with van der Waals surface area (Å²) in [6.07, 6.45) is 5.25. The Morgan fingerprint density at radius 2 is 2.12 bits per heavy atom. The van der Waals surface area contributed by atoms with Crippen molar-refractivity contribution in [3.63, 3.8) is 0 Å². The summed E-state index contributed by atoms with van der Waals surface area (Å²) in [6, 6.07) is 11.1. The van der Waals surface area contributed by atoms with Crippen molar-refractivity contribution in [3.8, 4) is 5.75 Å². The molecular formula is C18H23N3O3. The fourth-order valence-corrected chi connectivity index (χ4v) is 3.02. The molecule has 0 spiro atoms. The van der Waals surface area contributed by atoms with Crippen LogP contribution in [0.25, 0.3) is 0 Å². The molecule has 128 valence electrons.